The lowest BCUT2D eigenvalue weighted by atomic mass is 9.91. The van der Waals surface area contributed by atoms with Crippen LogP contribution in [0.4, 0.5) is 0 Å². The number of nitrogens with zero attached hydrogens (tertiary/aromatic N) is 1. The zero-order valence-electron chi connectivity index (χ0n) is 10.5. The van der Waals surface area contributed by atoms with Gasteiger partial charge in [-0.1, -0.05) is 20.8 Å². The first-order valence-electron chi connectivity index (χ1n) is 5.88. The van der Waals surface area contributed by atoms with E-state index in [1.165, 1.54) is 0 Å². The highest BCUT2D eigenvalue weighted by Crippen LogP contribution is 2.24. The van der Waals surface area contributed by atoms with Crippen molar-refractivity contribution in [2.24, 2.45) is 5.41 Å². The Kier molecular flexibility index (Phi) is 4.14. The van der Waals surface area contributed by atoms with Crippen molar-refractivity contribution in [3.63, 3.8) is 0 Å². The molecule has 1 rings (SSSR count). The largest absolute Gasteiger partial charge is 0.338 e. The molecule has 3 heteroatoms. The summed E-state index contributed by atoms with van der Waals surface area (Å²) in [5.74, 6) is 0.320. The van der Waals surface area contributed by atoms with Gasteiger partial charge in [0.15, 0.2) is 0 Å². The van der Waals surface area contributed by atoms with Gasteiger partial charge in [-0.25, -0.2) is 0 Å². The second-order valence-electron chi connectivity index (χ2n) is 5.68. The Labute approximate surface area is 93.2 Å². The zero-order chi connectivity index (χ0) is 11.5. The maximum absolute atomic E-state index is 12.0. The lowest BCUT2D eigenvalue weighted by Gasteiger charge is -2.28. The second-order valence-corrected chi connectivity index (χ2v) is 5.68. The molecule has 1 fully saturated rings. The predicted molar refractivity (Wildman–Crippen MR) is 62.7 cm³/mol. The Balaban J connectivity index is 2.51. The standard InChI is InChI=1S/C12H24N2O/c1-12(2,3)8-11(15)14-7-5-6-10(14)9-13-4/h10,13H,5-9H2,1-4H3. The van der Waals surface area contributed by atoms with E-state index in [1.54, 1.807) is 0 Å². The summed E-state index contributed by atoms with van der Waals surface area (Å²) >= 11 is 0. The number of rotatable bonds is 3. The van der Waals surface area contributed by atoms with Gasteiger partial charge < -0.3 is 10.2 Å². The molecular formula is C12H24N2O. The van der Waals surface area contributed by atoms with E-state index in [-0.39, 0.29) is 5.41 Å². The minimum absolute atomic E-state index is 0.101. The molecule has 1 aliphatic heterocycles. The fraction of sp³-hybridized carbons (Fsp3) is 0.917. The van der Waals surface area contributed by atoms with Crippen molar-refractivity contribution >= 4 is 5.91 Å². The lowest BCUT2D eigenvalue weighted by molar-refractivity contribution is -0.133. The van der Waals surface area contributed by atoms with Gasteiger partial charge in [-0.3, -0.25) is 4.79 Å². The summed E-state index contributed by atoms with van der Waals surface area (Å²) in [5.41, 5.74) is 0.101. The lowest BCUT2D eigenvalue weighted by Crippen LogP contribution is -2.42. The molecule has 3 nitrogen and oxygen atoms in total. The molecule has 1 unspecified atom stereocenters. The molecule has 0 spiro atoms. The summed E-state index contributed by atoms with van der Waals surface area (Å²) in [4.78, 5) is 14.1. The van der Waals surface area contributed by atoms with E-state index in [0.29, 0.717) is 18.4 Å². The summed E-state index contributed by atoms with van der Waals surface area (Å²) in [7, 11) is 1.95. The van der Waals surface area contributed by atoms with Crippen molar-refractivity contribution in [2.75, 3.05) is 20.1 Å². The fourth-order valence-electron chi connectivity index (χ4n) is 2.17. The van der Waals surface area contributed by atoms with Crippen molar-refractivity contribution < 1.29 is 4.79 Å². The Morgan fingerprint density at radius 3 is 2.67 bits per heavy atom. The molecule has 0 aromatic carbocycles. The van der Waals surface area contributed by atoms with Crippen LogP contribution in [0, 0.1) is 5.41 Å². The number of hydrogen-bond donors (Lipinski definition) is 1. The molecule has 1 N–H and O–H groups in total. The van der Waals surface area contributed by atoms with E-state index < -0.39 is 0 Å². The number of carbonyl (C=O) groups excluding carboxylic acids is 1. The Bertz CT molecular complexity index is 220. The van der Waals surface area contributed by atoms with Crippen LogP contribution in [0.3, 0.4) is 0 Å². The topological polar surface area (TPSA) is 32.3 Å². The molecule has 0 aromatic heterocycles. The third-order valence-electron chi connectivity index (χ3n) is 2.82. The number of amides is 1. The molecule has 0 aliphatic carbocycles. The van der Waals surface area contributed by atoms with Gasteiger partial charge in [-0.15, -0.1) is 0 Å². The maximum atomic E-state index is 12.0. The van der Waals surface area contributed by atoms with E-state index in [4.69, 9.17) is 0 Å². The van der Waals surface area contributed by atoms with Crippen LogP contribution in [0.25, 0.3) is 0 Å². The predicted octanol–water partition coefficient (Wildman–Crippen LogP) is 1.63. The second kappa shape index (κ2) is 4.97. The summed E-state index contributed by atoms with van der Waals surface area (Å²) < 4.78 is 0. The van der Waals surface area contributed by atoms with E-state index >= 15 is 0 Å². The van der Waals surface area contributed by atoms with Gasteiger partial charge in [0.25, 0.3) is 0 Å². The van der Waals surface area contributed by atoms with E-state index in [2.05, 4.69) is 31.0 Å². The molecule has 1 aliphatic rings. The summed E-state index contributed by atoms with van der Waals surface area (Å²) in [5, 5.41) is 3.16. The van der Waals surface area contributed by atoms with Crippen LogP contribution in [0.15, 0.2) is 0 Å². The van der Waals surface area contributed by atoms with Crippen molar-refractivity contribution in [2.45, 2.75) is 46.1 Å². The van der Waals surface area contributed by atoms with Gasteiger partial charge in [0.1, 0.15) is 0 Å². The summed E-state index contributed by atoms with van der Waals surface area (Å²) in [6, 6.07) is 0.421. The average molecular weight is 212 g/mol. The third-order valence-corrected chi connectivity index (χ3v) is 2.82. The van der Waals surface area contributed by atoms with Crippen LogP contribution in [0.2, 0.25) is 0 Å². The fourth-order valence-corrected chi connectivity index (χ4v) is 2.17. The zero-order valence-corrected chi connectivity index (χ0v) is 10.5. The highest BCUT2D eigenvalue weighted by atomic mass is 16.2. The van der Waals surface area contributed by atoms with Gasteiger partial charge in [-0.2, -0.15) is 0 Å². The number of nitrogens with one attached hydrogen (secondary N) is 1. The van der Waals surface area contributed by atoms with Crippen LogP contribution in [0.1, 0.15) is 40.0 Å². The molecule has 1 amide bonds. The highest BCUT2D eigenvalue weighted by molar-refractivity contribution is 5.77. The highest BCUT2D eigenvalue weighted by Gasteiger charge is 2.30. The molecule has 88 valence electrons. The molecule has 0 bridgehead atoms. The molecular weight excluding hydrogens is 188 g/mol. The Hall–Kier alpha value is -0.570. The quantitative estimate of drug-likeness (QED) is 0.771. The van der Waals surface area contributed by atoms with Crippen LogP contribution < -0.4 is 5.32 Å². The van der Waals surface area contributed by atoms with Gasteiger partial charge in [0.2, 0.25) is 5.91 Å². The molecule has 0 aromatic rings. The third kappa shape index (κ3) is 3.82. The van der Waals surface area contributed by atoms with Crippen LogP contribution in [-0.2, 0) is 4.79 Å². The normalized spacial score (nSPS) is 22.1. The Morgan fingerprint density at radius 2 is 2.13 bits per heavy atom. The Morgan fingerprint density at radius 1 is 1.47 bits per heavy atom. The van der Waals surface area contributed by atoms with Crippen LogP contribution >= 0.6 is 0 Å². The first kappa shape index (κ1) is 12.5. The van der Waals surface area contributed by atoms with Gasteiger partial charge in [0.05, 0.1) is 0 Å². The first-order chi connectivity index (χ1) is 6.94. The van der Waals surface area contributed by atoms with Crippen molar-refractivity contribution in [1.82, 2.24) is 10.2 Å². The molecule has 1 saturated heterocycles. The number of hydrogen-bond acceptors (Lipinski definition) is 2. The summed E-state index contributed by atoms with van der Waals surface area (Å²) in [6.07, 6.45) is 2.96. The van der Waals surface area contributed by atoms with Crippen LogP contribution in [0.5, 0.6) is 0 Å². The van der Waals surface area contributed by atoms with Crippen LogP contribution in [-0.4, -0.2) is 37.0 Å². The van der Waals surface area contributed by atoms with Crippen molar-refractivity contribution in [3.8, 4) is 0 Å². The van der Waals surface area contributed by atoms with Crippen molar-refractivity contribution in [3.05, 3.63) is 0 Å². The first-order valence-corrected chi connectivity index (χ1v) is 5.88. The van der Waals surface area contributed by atoms with Gasteiger partial charge in [-0.05, 0) is 25.3 Å². The molecule has 1 heterocycles. The van der Waals surface area contributed by atoms with E-state index in [0.717, 1.165) is 25.9 Å². The monoisotopic (exact) mass is 212 g/mol. The molecule has 15 heavy (non-hydrogen) atoms. The van der Waals surface area contributed by atoms with Gasteiger partial charge in [0, 0.05) is 25.6 Å². The maximum Gasteiger partial charge on any atom is 0.223 e. The number of carbonyl (C=O) groups is 1. The average Bonchev–Trinajstić information content (AvgIpc) is 2.49. The van der Waals surface area contributed by atoms with Crippen molar-refractivity contribution in [1.29, 1.82) is 0 Å². The molecule has 0 radical (unpaired) electrons. The SMILES string of the molecule is CNCC1CCCN1C(=O)CC(C)(C)C. The van der Waals surface area contributed by atoms with Gasteiger partial charge >= 0.3 is 0 Å². The number of likely N-dealkylation sites (N-methyl/N-ethyl adjacent to an activating group) is 1. The summed E-state index contributed by atoms with van der Waals surface area (Å²) in [6.45, 7) is 8.23. The molecule has 1 atom stereocenters. The smallest absolute Gasteiger partial charge is 0.223 e. The van der Waals surface area contributed by atoms with E-state index in [1.807, 2.05) is 7.05 Å². The minimum atomic E-state index is 0.101. The number of likely N-dealkylation sites (tertiary alicyclic amines) is 1. The van der Waals surface area contributed by atoms with E-state index in [9.17, 15) is 4.79 Å². The molecule has 0 saturated carbocycles. The minimum Gasteiger partial charge on any atom is -0.338 e.